The van der Waals surface area contributed by atoms with E-state index in [4.69, 9.17) is 52.0 Å². The second-order valence-electron chi connectivity index (χ2n) is 15.6. The summed E-state index contributed by atoms with van der Waals surface area (Å²) in [5.74, 6) is 0.863. The Hall–Kier alpha value is -4.38. The third-order valence-corrected chi connectivity index (χ3v) is 42.5. The SMILES string of the molecule is C.C.COc1ccc(P2(=S)SP(=S)(c3ccc(OC)cc3)S2)cc1.O=C(F)NC[C@H]1CN(c2ccc(N3CCOCC3)c(F)c2)C(=O)O1.O=C1O[C@@H](CNC(F)=S)CN1c1ccc(N2CCOCC2)c(F)c1. The highest BCUT2D eigenvalue weighted by atomic mass is 33.7. The monoisotopic (exact) mass is 1130 g/mol. The molecule has 0 spiro atoms. The van der Waals surface area contributed by atoms with Crippen LogP contribution >= 0.6 is 43.1 Å². The van der Waals surface area contributed by atoms with Crippen LogP contribution in [0, 0.1) is 11.6 Å². The second kappa shape index (κ2) is 26.7. The number of hydrogen-bond acceptors (Lipinski definition) is 16. The number of anilines is 4. The Balaban J connectivity index is 0.000000198. The Labute approximate surface area is 439 Å². The summed E-state index contributed by atoms with van der Waals surface area (Å²) in [5, 5.41) is 5.83. The maximum absolute atomic E-state index is 14.4. The topological polar surface area (TPSA) is 144 Å². The number of benzene rings is 4. The summed E-state index contributed by atoms with van der Waals surface area (Å²) in [5.41, 5.74) is 1.69. The van der Waals surface area contributed by atoms with Gasteiger partial charge < -0.3 is 48.9 Å². The lowest BCUT2D eigenvalue weighted by molar-refractivity contribution is 0.122. The maximum Gasteiger partial charge on any atom is 0.414 e. The van der Waals surface area contributed by atoms with Gasteiger partial charge in [0.05, 0.1) is 98.5 Å². The quantitative estimate of drug-likeness (QED) is 0.0457. The normalized spacial score (nSPS) is 22.2. The summed E-state index contributed by atoms with van der Waals surface area (Å²) < 4.78 is 81.3. The molecule has 4 aromatic carbocycles. The lowest BCUT2D eigenvalue weighted by Crippen LogP contribution is -2.36. The number of carbonyl (C=O) groups is 3. The lowest BCUT2D eigenvalue weighted by Gasteiger charge is -2.40. The molecule has 392 valence electrons. The van der Waals surface area contributed by atoms with Gasteiger partial charge in [0.15, 0.2) is 0 Å². The molecule has 5 heterocycles. The molecule has 0 aromatic heterocycles. The molecule has 5 fully saturated rings. The number of hydrogen-bond donors (Lipinski definition) is 2. The molecule has 72 heavy (non-hydrogen) atoms. The number of nitrogens with zero attached hydrogens (tertiary/aromatic N) is 4. The Bertz CT molecular complexity index is 2440. The van der Waals surface area contributed by atoms with Crippen LogP contribution in [0.1, 0.15) is 14.9 Å². The maximum atomic E-state index is 14.4. The van der Waals surface area contributed by atoms with Crippen molar-refractivity contribution in [2.75, 3.05) is 113 Å². The molecule has 0 saturated carbocycles. The van der Waals surface area contributed by atoms with Gasteiger partial charge >= 0.3 is 18.3 Å². The molecule has 0 unspecified atom stereocenters. The Morgan fingerprint density at radius 2 is 1.03 bits per heavy atom. The smallest absolute Gasteiger partial charge is 0.414 e. The van der Waals surface area contributed by atoms with E-state index < -0.39 is 56.3 Å². The van der Waals surface area contributed by atoms with Crippen molar-refractivity contribution < 1.29 is 60.4 Å². The van der Waals surface area contributed by atoms with E-state index in [1.807, 2.05) is 61.4 Å². The zero-order chi connectivity index (χ0) is 50.0. The first kappa shape index (κ1) is 58.5. The highest BCUT2D eigenvalue weighted by molar-refractivity contribution is 9.48. The summed E-state index contributed by atoms with van der Waals surface area (Å²) in [6.07, 6.45) is -4.17. The van der Waals surface area contributed by atoms with Crippen LogP contribution < -0.4 is 50.3 Å². The second-order valence-corrected chi connectivity index (χ2v) is 37.2. The highest BCUT2D eigenvalue weighted by Crippen LogP contribution is 3.04. The molecule has 5 saturated heterocycles. The summed E-state index contributed by atoms with van der Waals surface area (Å²) in [4.78, 5) is 40.4. The molecule has 0 radical (unpaired) electrons. The van der Waals surface area contributed by atoms with Gasteiger partial charge in [0.1, 0.15) is 35.3 Å². The molecule has 0 bridgehead atoms. The van der Waals surface area contributed by atoms with E-state index in [-0.39, 0.29) is 41.0 Å². The van der Waals surface area contributed by atoms with Crippen molar-refractivity contribution in [3.8, 4) is 11.5 Å². The van der Waals surface area contributed by atoms with Crippen molar-refractivity contribution in [1.82, 2.24) is 10.6 Å². The van der Waals surface area contributed by atoms with E-state index in [2.05, 4.69) is 41.8 Å². The molecular formula is C46H56F4N6O9P2S5. The Morgan fingerprint density at radius 3 is 1.36 bits per heavy atom. The van der Waals surface area contributed by atoms with Gasteiger partial charge in [0.2, 0.25) is 0 Å². The van der Waals surface area contributed by atoms with Gasteiger partial charge in [-0.2, -0.15) is 4.39 Å². The Morgan fingerprint density at radius 1 is 0.653 bits per heavy atom. The van der Waals surface area contributed by atoms with Crippen LogP contribution in [0.25, 0.3) is 0 Å². The van der Waals surface area contributed by atoms with Gasteiger partial charge in [-0.25, -0.2) is 23.2 Å². The lowest BCUT2D eigenvalue weighted by atomic mass is 10.2. The van der Waals surface area contributed by atoms with E-state index in [1.54, 1.807) is 38.5 Å². The van der Waals surface area contributed by atoms with Crippen LogP contribution in [0.2, 0.25) is 0 Å². The van der Waals surface area contributed by atoms with Crippen molar-refractivity contribution in [2.24, 2.45) is 0 Å². The standard InChI is InChI=1S/C15H17F2N3O4.C15H17F2N3O3S.C14H14O2P2S4.2CH4/c16-12-7-10(1-2-13(12)19-3-5-23-6-4-19)20-9-11(24-15(20)22)8-18-14(17)21;16-12-7-10(1-2-13(12)19-3-5-22-6-4-19)20-9-11(23-15(20)21)8-18-14(17)24;1-15-11-3-7-13(8-4-11)17(19)21-18(20,22-17)14-9-5-12(16-2)6-10-14;;/h1-2,7,11H,3-6,8-9H2,(H,18,21);1-2,7,11H,3-6,8-9H2,(H,18,24);3-10H,1-2H3;2*1H4/t2*11-;;;/m00.../s1. The van der Waals surface area contributed by atoms with E-state index in [0.717, 1.165) is 11.5 Å². The van der Waals surface area contributed by atoms with Gasteiger partial charge in [0, 0.05) is 36.8 Å². The fraction of sp³-hybridized carbons (Fsp3) is 0.391. The minimum atomic E-state index is -1.69. The summed E-state index contributed by atoms with van der Waals surface area (Å²) in [6.45, 7) is 4.91. The molecule has 5 aliphatic rings. The van der Waals surface area contributed by atoms with Gasteiger partial charge in [-0.1, -0.05) is 60.5 Å². The van der Waals surface area contributed by atoms with E-state index in [1.165, 1.54) is 32.5 Å². The number of rotatable bonds is 12. The Kier molecular flexibility index (Phi) is 21.7. The van der Waals surface area contributed by atoms with E-state index in [0.29, 0.717) is 75.4 Å². The predicted molar refractivity (Wildman–Crippen MR) is 293 cm³/mol. The number of morpholine rings is 2. The van der Waals surface area contributed by atoms with Gasteiger partial charge in [-0.3, -0.25) is 9.80 Å². The average molecular weight is 1140 g/mol. The summed E-state index contributed by atoms with van der Waals surface area (Å²) in [6, 6.07) is 25.3. The molecule has 15 nitrogen and oxygen atoms in total. The van der Waals surface area contributed by atoms with E-state index >= 15 is 0 Å². The number of halogens is 4. The summed E-state index contributed by atoms with van der Waals surface area (Å²) >= 11 is 19.8. The summed E-state index contributed by atoms with van der Waals surface area (Å²) in [7, 11) is 3.34. The number of cyclic esters (lactones) is 2. The fourth-order valence-electron chi connectivity index (χ4n) is 7.52. The molecule has 26 heteroatoms. The van der Waals surface area contributed by atoms with Crippen molar-refractivity contribution >= 4 is 124 Å². The molecule has 9 rings (SSSR count). The first-order valence-electron chi connectivity index (χ1n) is 21.6. The average Bonchev–Trinajstić information content (AvgIpc) is 3.93. The van der Waals surface area contributed by atoms with Gasteiger partial charge in [0.25, 0.3) is 5.24 Å². The first-order valence-corrected chi connectivity index (χ1v) is 31.6. The van der Waals surface area contributed by atoms with Crippen LogP contribution in [0.4, 0.5) is 54.7 Å². The molecule has 5 aliphatic heterocycles. The molecule has 0 aliphatic carbocycles. The predicted octanol–water partition coefficient (Wildman–Crippen LogP) is 9.52. The highest BCUT2D eigenvalue weighted by Gasteiger charge is 2.46. The zero-order valence-corrected chi connectivity index (χ0v) is 43.5. The number of amides is 3. The van der Waals surface area contributed by atoms with Crippen LogP contribution in [-0.2, 0) is 42.6 Å². The number of ether oxygens (including phenoxy) is 6. The third-order valence-electron chi connectivity index (χ3n) is 11.1. The van der Waals surface area contributed by atoms with Gasteiger partial charge in [-0.05, 0) is 97.1 Å². The van der Waals surface area contributed by atoms with Crippen LogP contribution in [-0.4, -0.2) is 129 Å². The fourth-order valence-corrected chi connectivity index (χ4v) is 49.9. The number of thiocarbonyl (C=S) groups is 1. The number of carbonyl (C=O) groups excluding carboxylic acids is 3. The molecule has 2 atom stereocenters. The first-order chi connectivity index (χ1) is 33.6. The van der Waals surface area contributed by atoms with Gasteiger partial charge in [-0.15, -0.1) is 4.39 Å². The number of nitrogens with one attached hydrogen (secondary N) is 2. The molecule has 4 aromatic rings. The van der Waals surface area contributed by atoms with Crippen molar-refractivity contribution in [3.63, 3.8) is 0 Å². The minimum Gasteiger partial charge on any atom is -0.497 e. The van der Waals surface area contributed by atoms with Crippen LogP contribution in [0.15, 0.2) is 84.9 Å². The van der Waals surface area contributed by atoms with Crippen LogP contribution in [0.3, 0.4) is 0 Å². The number of methoxy groups -OCH3 is 2. The minimum absolute atomic E-state index is 0. The largest absolute Gasteiger partial charge is 0.497 e. The van der Waals surface area contributed by atoms with Crippen molar-refractivity contribution in [2.45, 2.75) is 27.1 Å². The third kappa shape index (κ3) is 14.9. The van der Waals surface area contributed by atoms with Crippen molar-refractivity contribution in [3.05, 3.63) is 96.6 Å². The van der Waals surface area contributed by atoms with E-state index in [9.17, 15) is 31.9 Å². The zero-order valence-electron chi connectivity index (χ0n) is 37.6. The molecule has 3 amide bonds. The van der Waals surface area contributed by atoms with Crippen LogP contribution in [0.5, 0.6) is 11.5 Å². The van der Waals surface area contributed by atoms with Crippen molar-refractivity contribution in [1.29, 1.82) is 0 Å². The molecular weight excluding hydrogens is 1080 g/mol. The molecule has 2 N–H and O–H groups in total.